The second-order valence-electron chi connectivity index (χ2n) is 6.35. The predicted molar refractivity (Wildman–Crippen MR) is 102 cm³/mol. The Hall–Kier alpha value is -1.09. The van der Waals surface area contributed by atoms with Crippen LogP contribution in [0.2, 0.25) is 0 Å². The molecule has 1 atom stereocenters. The first-order valence-corrected chi connectivity index (χ1v) is 8.20. The molecule has 1 saturated heterocycles. The number of guanidine groups is 1. The molecule has 0 aliphatic carbocycles. The Kier molecular flexibility index (Phi) is 7.09. The molecular weight excluding hydrogens is 424 g/mol. The van der Waals surface area contributed by atoms with Crippen molar-refractivity contribution in [1.82, 2.24) is 4.90 Å². The molecule has 1 unspecified atom stereocenters. The number of hydrogen-bond donors (Lipinski definition) is 1. The molecule has 0 bridgehead atoms. The molecule has 1 aromatic carbocycles. The van der Waals surface area contributed by atoms with Crippen LogP contribution in [-0.4, -0.2) is 37.3 Å². The number of rotatable bonds is 3. The molecule has 2 heterocycles. The summed E-state index contributed by atoms with van der Waals surface area (Å²) in [5, 5.41) is 0. The first-order chi connectivity index (χ1) is 11.1. The van der Waals surface area contributed by atoms with Gasteiger partial charge in [-0.1, -0.05) is 6.92 Å². The molecule has 0 saturated carbocycles. The van der Waals surface area contributed by atoms with E-state index in [1.165, 1.54) is 18.6 Å². The molecule has 7 heteroatoms. The summed E-state index contributed by atoms with van der Waals surface area (Å²) < 4.78 is 24.4. The van der Waals surface area contributed by atoms with Crippen LogP contribution < -0.4 is 10.5 Å². The normalized spacial score (nSPS) is 20.8. The third-order valence-electron chi connectivity index (χ3n) is 4.39. The van der Waals surface area contributed by atoms with Crippen LogP contribution in [0.5, 0.6) is 5.75 Å². The first-order valence-electron chi connectivity index (χ1n) is 8.20. The number of aliphatic imine (C=N–C) groups is 1. The zero-order chi connectivity index (χ0) is 16.2. The van der Waals surface area contributed by atoms with Crippen LogP contribution in [-0.2, 0) is 17.8 Å². The Bertz CT molecular complexity index is 597. The molecule has 0 radical (unpaired) electrons. The van der Waals surface area contributed by atoms with E-state index in [0.717, 1.165) is 36.4 Å². The zero-order valence-corrected chi connectivity index (χ0v) is 16.3. The van der Waals surface area contributed by atoms with E-state index in [0.29, 0.717) is 31.4 Å². The van der Waals surface area contributed by atoms with Gasteiger partial charge in [0.05, 0.1) is 6.61 Å². The van der Waals surface area contributed by atoms with Gasteiger partial charge in [0.25, 0.3) is 0 Å². The molecule has 3 rings (SSSR count). The van der Waals surface area contributed by atoms with Gasteiger partial charge in [-0.15, -0.1) is 24.0 Å². The number of piperidine rings is 1. The van der Waals surface area contributed by atoms with Gasteiger partial charge in [-0.3, -0.25) is 4.99 Å². The van der Waals surface area contributed by atoms with Crippen LogP contribution in [0.4, 0.5) is 4.39 Å². The number of hydrogen-bond acceptors (Lipinski definition) is 3. The van der Waals surface area contributed by atoms with E-state index < -0.39 is 0 Å². The number of likely N-dealkylation sites (tertiary alicyclic amines) is 1. The summed E-state index contributed by atoms with van der Waals surface area (Å²) in [7, 11) is 0. The van der Waals surface area contributed by atoms with E-state index in [9.17, 15) is 4.39 Å². The summed E-state index contributed by atoms with van der Waals surface area (Å²) in [4.78, 5) is 6.61. The quantitative estimate of drug-likeness (QED) is 0.438. The summed E-state index contributed by atoms with van der Waals surface area (Å²) in [6, 6.07) is 2.98. The minimum absolute atomic E-state index is 0. The van der Waals surface area contributed by atoms with Crippen LogP contribution in [0.1, 0.15) is 30.9 Å². The van der Waals surface area contributed by atoms with Crippen molar-refractivity contribution >= 4 is 29.9 Å². The monoisotopic (exact) mass is 449 g/mol. The SMILES string of the molecule is CC1CCCN(C(N)=NCCc2cc(F)cc3c2OCOC3)C1.I. The van der Waals surface area contributed by atoms with Gasteiger partial charge in [-0.05, 0) is 42.9 Å². The van der Waals surface area contributed by atoms with Crippen molar-refractivity contribution < 1.29 is 13.9 Å². The van der Waals surface area contributed by atoms with Crippen LogP contribution in [0.3, 0.4) is 0 Å². The van der Waals surface area contributed by atoms with Gasteiger partial charge in [-0.25, -0.2) is 4.39 Å². The maximum Gasteiger partial charge on any atom is 0.191 e. The van der Waals surface area contributed by atoms with Crippen LogP contribution in [0, 0.1) is 11.7 Å². The fourth-order valence-corrected chi connectivity index (χ4v) is 3.23. The Morgan fingerprint density at radius 1 is 1.46 bits per heavy atom. The van der Waals surface area contributed by atoms with Crippen molar-refractivity contribution in [2.24, 2.45) is 16.6 Å². The molecular formula is C17H25FIN3O2. The summed E-state index contributed by atoms with van der Waals surface area (Å²) in [5.74, 6) is 1.71. The molecule has 0 aromatic heterocycles. The van der Waals surface area contributed by atoms with Crippen molar-refractivity contribution in [1.29, 1.82) is 0 Å². The zero-order valence-electron chi connectivity index (χ0n) is 14.0. The van der Waals surface area contributed by atoms with E-state index >= 15 is 0 Å². The molecule has 24 heavy (non-hydrogen) atoms. The second kappa shape index (κ2) is 8.84. The van der Waals surface area contributed by atoms with Crippen LogP contribution in [0.25, 0.3) is 0 Å². The number of ether oxygens (including phenoxy) is 2. The molecule has 0 spiro atoms. The molecule has 2 N–H and O–H groups in total. The Morgan fingerprint density at radius 3 is 3.08 bits per heavy atom. The lowest BCUT2D eigenvalue weighted by atomic mass is 10.0. The molecule has 2 aliphatic rings. The third-order valence-corrected chi connectivity index (χ3v) is 4.39. The Labute approximate surface area is 159 Å². The molecule has 5 nitrogen and oxygen atoms in total. The van der Waals surface area contributed by atoms with Gasteiger partial charge in [-0.2, -0.15) is 0 Å². The van der Waals surface area contributed by atoms with E-state index in [4.69, 9.17) is 15.2 Å². The van der Waals surface area contributed by atoms with Crippen molar-refractivity contribution in [3.8, 4) is 5.75 Å². The van der Waals surface area contributed by atoms with E-state index in [2.05, 4.69) is 16.8 Å². The number of halogens is 2. The summed E-state index contributed by atoms with van der Waals surface area (Å²) in [6.45, 7) is 5.29. The Morgan fingerprint density at radius 2 is 2.29 bits per heavy atom. The third kappa shape index (κ3) is 4.72. The van der Waals surface area contributed by atoms with Crippen molar-refractivity contribution in [2.75, 3.05) is 26.4 Å². The highest BCUT2D eigenvalue weighted by Crippen LogP contribution is 2.29. The first kappa shape index (κ1) is 19.2. The van der Waals surface area contributed by atoms with Gasteiger partial charge >= 0.3 is 0 Å². The van der Waals surface area contributed by atoms with Crippen LogP contribution >= 0.6 is 24.0 Å². The van der Waals surface area contributed by atoms with Gasteiger partial charge in [0.1, 0.15) is 11.6 Å². The summed E-state index contributed by atoms with van der Waals surface area (Å²) in [5.41, 5.74) is 7.68. The highest BCUT2D eigenvalue weighted by atomic mass is 127. The fourth-order valence-electron chi connectivity index (χ4n) is 3.23. The van der Waals surface area contributed by atoms with Crippen LogP contribution in [0.15, 0.2) is 17.1 Å². The number of fused-ring (bicyclic) bond motifs is 1. The van der Waals surface area contributed by atoms with Gasteiger partial charge < -0.3 is 20.1 Å². The van der Waals surface area contributed by atoms with Crippen molar-refractivity contribution in [2.45, 2.75) is 32.8 Å². The number of nitrogens with zero attached hydrogens (tertiary/aromatic N) is 2. The largest absolute Gasteiger partial charge is 0.467 e. The lowest BCUT2D eigenvalue weighted by molar-refractivity contribution is -0.0172. The standard InChI is InChI=1S/C17H24FN3O2.HI/c1-12-3-2-6-21(9-12)17(19)20-5-4-13-7-15(18)8-14-10-22-11-23-16(13)14;/h7-8,12H,2-6,9-11H2,1H3,(H2,19,20);1H. The number of nitrogens with two attached hydrogens (primary N) is 1. The van der Waals surface area contributed by atoms with Gasteiger partial charge in [0.2, 0.25) is 0 Å². The average Bonchev–Trinajstić information content (AvgIpc) is 2.54. The lowest BCUT2D eigenvalue weighted by Gasteiger charge is -2.31. The highest BCUT2D eigenvalue weighted by molar-refractivity contribution is 14.0. The van der Waals surface area contributed by atoms with Gasteiger partial charge in [0.15, 0.2) is 12.8 Å². The minimum atomic E-state index is -0.269. The fraction of sp³-hybridized carbons (Fsp3) is 0.588. The van der Waals surface area contributed by atoms with E-state index in [-0.39, 0.29) is 36.6 Å². The predicted octanol–water partition coefficient (Wildman–Crippen LogP) is 2.90. The van der Waals surface area contributed by atoms with E-state index in [1.807, 2.05) is 0 Å². The topological polar surface area (TPSA) is 60.1 Å². The molecule has 2 aliphatic heterocycles. The van der Waals surface area contributed by atoms with E-state index in [1.54, 1.807) is 0 Å². The maximum atomic E-state index is 13.7. The van der Waals surface area contributed by atoms with Crippen molar-refractivity contribution in [3.63, 3.8) is 0 Å². The smallest absolute Gasteiger partial charge is 0.191 e. The molecule has 1 aromatic rings. The van der Waals surface area contributed by atoms with Crippen molar-refractivity contribution in [3.05, 3.63) is 29.1 Å². The average molecular weight is 449 g/mol. The lowest BCUT2D eigenvalue weighted by Crippen LogP contribution is -2.43. The second-order valence-corrected chi connectivity index (χ2v) is 6.35. The molecule has 0 amide bonds. The molecule has 134 valence electrons. The molecule has 1 fully saturated rings. The maximum absolute atomic E-state index is 13.7. The summed E-state index contributed by atoms with van der Waals surface area (Å²) in [6.07, 6.45) is 3.01. The van der Waals surface area contributed by atoms with Gasteiger partial charge in [0, 0.05) is 25.2 Å². The Balaban J connectivity index is 0.00000208. The highest BCUT2D eigenvalue weighted by Gasteiger charge is 2.18. The number of benzene rings is 1. The minimum Gasteiger partial charge on any atom is -0.467 e. The summed E-state index contributed by atoms with van der Waals surface area (Å²) >= 11 is 0.